The van der Waals surface area contributed by atoms with E-state index in [9.17, 15) is 9.90 Å². The number of phenols is 1. The van der Waals surface area contributed by atoms with Crippen LogP contribution in [0.3, 0.4) is 0 Å². The molecule has 0 spiro atoms. The van der Waals surface area contributed by atoms with Crippen LogP contribution in [0.1, 0.15) is 6.92 Å². The minimum atomic E-state index is -0.739. The molecule has 1 unspecified atom stereocenters. The molecule has 15 heavy (non-hydrogen) atoms. The fraction of sp³-hybridized carbons (Fsp3) is 0.222. The van der Waals surface area contributed by atoms with Crippen molar-refractivity contribution in [3.63, 3.8) is 0 Å². The van der Waals surface area contributed by atoms with Gasteiger partial charge in [-0.15, -0.1) is 0 Å². The fourth-order valence-corrected chi connectivity index (χ4v) is 1.28. The highest BCUT2D eigenvalue weighted by molar-refractivity contribution is 6.37. The predicted molar refractivity (Wildman–Crippen MR) is 57.4 cm³/mol. The Hall–Kier alpha value is -0.970. The molecule has 6 heteroatoms. The van der Waals surface area contributed by atoms with Crippen molar-refractivity contribution < 1.29 is 14.6 Å². The van der Waals surface area contributed by atoms with Crippen molar-refractivity contribution in [2.24, 2.45) is 5.73 Å². The first-order chi connectivity index (χ1) is 6.91. The first-order valence-electron chi connectivity index (χ1n) is 4.07. The Morgan fingerprint density at radius 3 is 2.33 bits per heavy atom. The molecule has 0 aliphatic heterocycles. The van der Waals surface area contributed by atoms with Gasteiger partial charge in [-0.05, 0) is 6.92 Å². The molecule has 0 saturated carbocycles. The van der Waals surface area contributed by atoms with Crippen LogP contribution in [-0.4, -0.2) is 17.1 Å². The van der Waals surface area contributed by atoms with Gasteiger partial charge in [0.2, 0.25) is 0 Å². The van der Waals surface area contributed by atoms with Gasteiger partial charge in [-0.2, -0.15) is 0 Å². The summed E-state index contributed by atoms with van der Waals surface area (Å²) >= 11 is 11.3. The normalized spacial score (nSPS) is 12.3. The number of esters is 1. The van der Waals surface area contributed by atoms with Gasteiger partial charge >= 0.3 is 5.97 Å². The lowest BCUT2D eigenvalue weighted by molar-refractivity contribution is -0.135. The molecule has 0 aliphatic carbocycles. The van der Waals surface area contributed by atoms with Crippen molar-refractivity contribution >= 4 is 29.2 Å². The number of carbonyl (C=O) groups excluding carboxylic acids is 1. The van der Waals surface area contributed by atoms with Crippen molar-refractivity contribution in [1.29, 1.82) is 0 Å². The Kier molecular flexibility index (Phi) is 3.79. The van der Waals surface area contributed by atoms with Crippen molar-refractivity contribution in [1.82, 2.24) is 0 Å². The third-order valence-electron chi connectivity index (χ3n) is 1.58. The summed E-state index contributed by atoms with van der Waals surface area (Å²) in [5.41, 5.74) is 5.30. The Morgan fingerprint density at radius 2 is 1.93 bits per heavy atom. The van der Waals surface area contributed by atoms with Crippen molar-refractivity contribution in [3.8, 4) is 11.5 Å². The third-order valence-corrected chi connectivity index (χ3v) is 2.16. The lowest BCUT2D eigenvalue weighted by atomic mass is 10.3. The van der Waals surface area contributed by atoms with Gasteiger partial charge in [0.05, 0.1) is 10.0 Å². The molecule has 0 aromatic heterocycles. The van der Waals surface area contributed by atoms with Gasteiger partial charge in [0, 0.05) is 12.1 Å². The highest BCUT2D eigenvalue weighted by Crippen LogP contribution is 2.35. The second kappa shape index (κ2) is 4.70. The van der Waals surface area contributed by atoms with Crippen LogP contribution in [-0.2, 0) is 4.79 Å². The van der Waals surface area contributed by atoms with Gasteiger partial charge in [-0.3, -0.25) is 0 Å². The minimum Gasteiger partial charge on any atom is -0.505 e. The van der Waals surface area contributed by atoms with Gasteiger partial charge < -0.3 is 15.6 Å². The van der Waals surface area contributed by atoms with E-state index in [0.717, 1.165) is 0 Å². The van der Waals surface area contributed by atoms with Crippen molar-refractivity contribution in [2.75, 3.05) is 0 Å². The SMILES string of the molecule is CC(N)C(=O)Oc1cc(Cl)c(O)c(Cl)c1. The van der Waals surface area contributed by atoms with E-state index in [1.54, 1.807) is 0 Å². The number of rotatable bonds is 2. The number of hydrogen-bond acceptors (Lipinski definition) is 4. The Bertz CT molecular complexity index is 370. The minimum absolute atomic E-state index is 0.00924. The van der Waals surface area contributed by atoms with E-state index in [-0.39, 0.29) is 21.5 Å². The zero-order valence-electron chi connectivity index (χ0n) is 7.83. The van der Waals surface area contributed by atoms with Crippen LogP contribution < -0.4 is 10.5 Å². The van der Waals surface area contributed by atoms with E-state index >= 15 is 0 Å². The van der Waals surface area contributed by atoms with Crippen LogP contribution in [0.5, 0.6) is 11.5 Å². The van der Waals surface area contributed by atoms with Gasteiger partial charge in [0.25, 0.3) is 0 Å². The average molecular weight is 250 g/mol. The fourth-order valence-electron chi connectivity index (χ4n) is 0.810. The molecule has 1 aromatic carbocycles. The molecule has 1 rings (SSSR count). The standard InChI is InChI=1S/C9H9Cl2NO3/c1-4(12)9(14)15-5-2-6(10)8(13)7(11)3-5/h2-4,13H,12H2,1H3. The summed E-state index contributed by atoms with van der Waals surface area (Å²) in [7, 11) is 0. The van der Waals surface area contributed by atoms with E-state index in [1.807, 2.05) is 0 Å². The molecule has 0 saturated heterocycles. The monoisotopic (exact) mass is 249 g/mol. The Labute approximate surface area is 96.5 Å². The second-order valence-corrected chi connectivity index (χ2v) is 3.76. The van der Waals surface area contributed by atoms with Gasteiger partial charge in [0.1, 0.15) is 11.8 Å². The summed E-state index contributed by atoms with van der Waals surface area (Å²) in [5.74, 6) is -0.711. The average Bonchev–Trinajstić information content (AvgIpc) is 2.13. The van der Waals surface area contributed by atoms with E-state index in [1.165, 1.54) is 19.1 Å². The zero-order valence-corrected chi connectivity index (χ0v) is 9.34. The smallest absolute Gasteiger partial charge is 0.328 e. The molecule has 0 radical (unpaired) electrons. The number of hydrogen-bond donors (Lipinski definition) is 2. The van der Waals surface area contributed by atoms with E-state index in [2.05, 4.69) is 0 Å². The number of nitrogens with two attached hydrogens (primary N) is 1. The molecule has 4 nitrogen and oxygen atoms in total. The molecule has 0 bridgehead atoms. The maximum absolute atomic E-state index is 11.1. The quantitative estimate of drug-likeness (QED) is 0.621. The Morgan fingerprint density at radius 1 is 1.47 bits per heavy atom. The molecule has 0 amide bonds. The summed E-state index contributed by atoms with van der Waals surface area (Å²) < 4.78 is 4.85. The van der Waals surface area contributed by atoms with Crippen LogP contribution in [0.25, 0.3) is 0 Å². The summed E-state index contributed by atoms with van der Waals surface area (Å²) in [6.45, 7) is 1.49. The number of carbonyl (C=O) groups is 1. The molecule has 1 atom stereocenters. The Balaban J connectivity index is 2.93. The maximum atomic E-state index is 11.1. The first-order valence-corrected chi connectivity index (χ1v) is 4.82. The van der Waals surface area contributed by atoms with E-state index in [0.29, 0.717) is 0 Å². The topological polar surface area (TPSA) is 72.6 Å². The highest BCUT2D eigenvalue weighted by Gasteiger charge is 2.13. The lowest BCUT2D eigenvalue weighted by Gasteiger charge is -2.08. The number of ether oxygens (including phenoxy) is 1. The largest absolute Gasteiger partial charge is 0.505 e. The molecule has 0 fully saturated rings. The van der Waals surface area contributed by atoms with Crippen molar-refractivity contribution in [2.45, 2.75) is 13.0 Å². The van der Waals surface area contributed by atoms with Crippen LogP contribution in [0.15, 0.2) is 12.1 Å². The molecule has 0 heterocycles. The van der Waals surface area contributed by atoms with E-state index < -0.39 is 12.0 Å². The van der Waals surface area contributed by atoms with Crippen LogP contribution >= 0.6 is 23.2 Å². The van der Waals surface area contributed by atoms with Gasteiger partial charge in [0.15, 0.2) is 5.75 Å². The molecule has 1 aromatic rings. The molecular formula is C9H9Cl2NO3. The zero-order chi connectivity index (χ0) is 11.6. The number of aromatic hydroxyl groups is 1. The van der Waals surface area contributed by atoms with Crippen LogP contribution in [0, 0.1) is 0 Å². The lowest BCUT2D eigenvalue weighted by Crippen LogP contribution is -2.30. The number of benzene rings is 1. The highest BCUT2D eigenvalue weighted by atomic mass is 35.5. The van der Waals surface area contributed by atoms with E-state index in [4.69, 9.17) is 33.7 Å². The summed E-state index contributed by atoms with van der Waals surface area (Å²) in [6.07, 6.45) is 0. The number of phenolic OH excluding ortho intramolecular Hbond substituents is 1. The van der Waals surface area contributed by atoms with Crippen LogP contribution in [0.4, 0.5) is 0 Å². The van der Waals surface area contributed by atoms with Crippen molar-refractivity contribution in [3.05, 3.63) is 22.2 Å². The first kappa shape index (κ1) is 12.1. The second-order valence-electron chi connectivity index (χ2n) is 2.95. The molecule has 0 aliphatic rings. The summed E-state index contributed by atoms with van der Waals surface area (Å²) in [6, 6.07) is 1.82. The molecular weight excluding hydrogens is 241 g/mol. The molecule has 82 valence electrons. The third kappa shape index (κ3) is 2.99. The van der Waals surface area contributed by atoms with Gasteiger partial charge in [-0.1, -0.05) is 23.2 Å². The maximum Gasteiger partial charge on any atom is 0.328 e. The van der Waals surface area contributed by atoms with Gasteiger partial charge in [-0.25, -0.2) is 4.79 Å². The molecule has 3 N–H and O–H groups in total. The summed E-state index contributed by atoms with van der Waals surface area (Å²) in [5, 5.41) is 9.26. The summed E-state index contributed by atoms with van der Waals surface area (Å²) in [4.78, 5) is 11.1. The van der Waals surface area contributed by atoms with Crippen LogP contribution in [0.2, 0.25) is 10.0 Å². The predicted octanol–water partition coefficient (Wildman–Crippen LogP) is 1.95. The number of halogens is 2.